The van der Waals surface area contributed by atoms with E-state index in [1.165, 1.54) is 6.07 Å². The van der Waals surface area contributed by atoms with E-state index in [1.807, 2.05) is 0 Å². The maximum Gasteiger partial charge on any atom is 0.203 e. The molecule has 0 unspecified atom stereocenters. The molecule has 15 heavy (non-hydrogen) atoms. The number of alkyl halides is 1. The van der Waals surface area contributed by atoms with Crippen molar-refractivity contribution in [1.29, 1.82) is 0 Å². The molecule has 0 aliphatic heterocycles. The van der Waals surface area contributed by atoms with E-state index >= 15 is 0 Å². The SMILES string of the molecule is Cc1ccc(S(=O)(=O)C(C)(C)CCl)nn1. The Morgan fingerprint density at radius 3 is 2.33 bits per heavy atom. The topological polar surface area (TPSA) is 59.9 Å². The number of aromatic nitrogens is 2. The zero-order chi connectivity index (χ0) is 11.7. The van der Waals surface area contributed by atoms with Crippen molar-refractivity contribution in [2.24, 2.45) is 0 Å². The number of halogens is 1. The molecule has 4 nitrogen and oxygen atoms in total. The lowest BCUT2D eigenvalue weighted by molar-refractivity contribution is 0.555. The van der Waals surface area contributed by atoms with Gasteiger partial charge in [-0.15, -0.1) is 16.7 Å². The smallest absolute Gasteiger partial charge is 0.203 e. The molecule has 84 valence electrons. The van der Waals surface area contributed by atoms with E-state index < -0.39 is 14.6 Å². The van der Waals surface area contributed by atoms with E-state index in [2.05, 4.69) is 10.2 Å². The van der Waals surface area contributed by atoms with Crippen LogP contribution in [0, 0.1) is 6.92 Å². The van der Waals surface area contributed by atoms with Gasteiger partial charge in [0.25, 0.3) is 0 Å². The van der Waals surface area contributed by atoms with Gasteiger partial charge >= 0.3 is 0 Å². The van der Waals surface area contributed by atoms with E-state index in [4.69, 9.17) is 11.6 Å². The van der Waals surface area contributed by atoms with E-state index in [0.29, 0.717) is 5.69 Å². The van der Waals surface area contributed by atoms with Crippen LogP contribution in [0.1, 0.15) is 19.5 Å². The van der Waals surface area contributed by atoms with Crippen molar-refractivity contribution in [2.45, 2.75) is 30.5 Å². The fourth-order valence-corrected chi connectivity index (χ4v) is 2.42. The van der Waals surface area contributed by atoms with Crippen LogP contribution in [0.5, 0.6) is 0 Å². The molecule has 1 rings (SSSR count). The summed E-state index contributed by atoms with van der Waals surface area (Å²) in [6, 6.07) is 3.07. The number of nitrogens with zero attached hydrogens (tertiary/aromatic N) is 2. The quantitative estimate of drug-likeness (QED) is 0.762. The van der Waals surface area contributed by atoms with E-state index in [-0.39, 0.29) is 10.9 Å². The molecular weight excluding hydrogens is 236 g/mol. The molecule has 1 aromatic heterocycles. The van der Waals surface area contributed by atoms with Crippen LogP contribution in [0.2, 0.25) is 0 Å². The maximum absolute atomic E-state index is 12.0. The summed E-state index contributed by atoms with van der Waals surface area (Å²) >= 11 is 5.63. The Bertz CT molecular complexity index is 440. The van der Waals surface area contributed by atoms with Crippen LogP contribution in [0.4, 0.5) is 0 Å². The van der Waals surface area contributed by atoms with E-state index in [0.717, 1.165) is 0 Å². The first kappa shape index (κ1) is 12.4. The third-order valence-electron chi connectivity index (χ3n) is 2.10. The minimum atomic E-state index is -3.51. The molecule has 6 heteroatoms. The second-order valence-electron chi connectivity index (χ2n) is 3.91. The molecule has 0 aliphatic rings. The lowest BCUT2D eigenvalue weighted by Crippen LogP contribution is -2.34. The summed E-state index contributed by atoms with van der Waals surface area (Å²) in [6.45, 7) is 4.88. The Kier molecular flexibility index (Phi) is 3.35. The van der Waals surface area contributed by atoms with Gasteiger partial charge in [0.15, 0.2) is 5.03 Å². The lowest BCUT2D eigenvalue weighted by atomic mass is 10.2. The van der Waals surface area contributed by atoms with Crippen LogP contribution in [-0.2, 0) is 9.84 Å². The Morgan fingerprint density at radius 1 is 1.33 bits per heavy atom. The van der Waals surface area contributed by atoms with Gasteiger partial charge in [-0.05, 0) is 32.9 Å². The van der Waals surface area contributed by atoms with Crippen LogP contribution in [0.3, 0.4) is 0 Å². The zero-order valence-corrected chi connectivity index (χ0v) is 10.4. The molecule has 1 aromatic rings. The molecule has 0 amide bonds. The second kappa shape index (κ2) is 4.06. The predicted molar refractivity (Wildman–Crippen MR) is 58.8 cm³/mol. The van der Waals surface area contributed by atoms with Gasteiger partial charge in [0.05, 0.1) is 10.4 Å². The van der Waals surface area contributed by atoms with Crippen molar-refractivity contribution in [1.82, 2.24) is 10.2 Å². The highest BCUT2D eigenvalue weighted by molar-refractivity contribution is 7.92. The number of sulfone groups is 1. The van der Waals surface area contributed by atoms with Gasteiger partial charge in [-0.2, -0.15) is 5.10 Å². The Hall–Kier alpha value is -0.680. The van der Waals surface area contributed by atoms with Gasteiger partial charge in [-0.25, -0.2) is 8.42 Å². The number of aryl methyl sites for hydroxylation is 1. The number of rotatable bonds is 3. The molecule has 0 atom stereocenters. The average Bonchev–Trinajstić information content (AvgIpc) is 2.18. The highest BCUT2D eigenvalue weighted by atomic mass is 35.5. The normalized spacial score (nSPS) is 12.8. The minimum absolute atomic E-state index is 0.0187. The third-order valence-corrected chi connectivity index (χ3v) is 5.29. The Morgan fingerprint density at radius 2 is 1.93 bits per heavy atom. The van der Waals surface area contributed by atoms with Gasteiger partial charge in [-0.1, -0.05) is 0 Å². The summed E-state index contributed by atoms with van der Waals surface area (Å²) in [4.78, 5) is 0. The van der Waals surface area contributed by atoms with Crippen molar-refractivity contribution < 1.29 is 8.42 Å². The summed E-state index contributed by atoms with van der Waals surface area (Å²) < 4.78 is 23.0. The number of hydrogen-bond donors (Lipinski definition) is 0. The highest BCUT2D eigenvalue weighted by Crippen LogP contribution is 2.24. The first-order valence-corrected chi connectivity index (χ1v) is 6.44. The fraction of sp³-hybridized carbons (Fsp3) is 0.556. The summed E-state index contributed by atoms with van der Waals surface area (Å²) in [5.41, 5.74) is 0.678. The van der Waals surface area contributed by atoms with Gasteiger partial charge in [0.2, 0.25) is 9.84 Å². The predicted octanol–water partition coefficient (Wildman–Crippen LogP) is 1.58. The van der Waals surface area contributed by atoms with Crippen molar-refractivity contribution >= 4 is 21.4 Å². The van der Waals surface area contributed by atoms with E-state index in [9.17, 15) is 8.42 Å². The van der Waals surface area contributed by atoms with Crippen molar-refractivity contribution in [2.75, 3.05) is 5.88 Å². The van der Waals surface area contributed by atoms with Crippen LogP contribution in [0.15, 0.2) is 17.2 Å². The first-order valence-electron chi connectivity index (χ1n) is 4.42. The Labute approximate surface area is 94.6 Å². The standard InChI is InChI=1S/C9H13ClN2O2S/c1-7-4-5-8(12-11-7)15(13,14)9(2,3)6-10/h4-5H,6H2,1-3H3. The van der Waals surface area contributed by atoms with Crippen LogP contribution >= 0.6 is 11.6 Å². The van der Waals surface area contributed by atoms with E-state index in [1.54, 1.807) is 26.8 Å². The molecule has 0 aromatic carbocycles. The largest absolute Gasteiger partial charge is 0.221 e. The van der Waals surface area contributed by atoms with Gasteiger partial charge in [0, 0.05) is 5.88 Å². The maximum atomic E-state index is 12.0. The minimum Gasteiger partial charge on any atom is -0.221 e. The average molecular weight is 249 g/mol. The highest BCUT2D eigenvalue weighted by Gasteiger charge is 2.36. The van der Waals surface area contributed by atoms with Crippen LogP contribution < -0.4 is 0 Å². The molecule has 0 fully saturated rings. The number of hydrogen-bond acceptors (Lipinski definition) is 4. The Balaban J connectivity index is 3.24. The summed E-state index contributed by atoms with van der Waals surface area (Å²) in [5, 5.41) is 7.36. The van der Waals surface area contributed by atoms with Crippen LogP contribution in [0.25, 0.3) is 0 Å². The third kappa shape index (κ3) is 2.29. The fourth-order valence-electron chi connectivity index (χ4n) is 0.885. The molecule has 0 spiro atoms. The lowest BCUT2D eigenvalue weighted by Gasteiger charge is -2.20. The van der Waals surface area contributed by atoms with Gasteiger partial charge in [-0.3, -0.25) is 0 Å². The molecular formula is C9H13ClN2O2S. The molecule has 0 saturated heterocycles. The molecule has 1 heterocycles. The molecule has 0 bridgehead atoms. The monoisotopic (exact) mass is 248 g/mol. The van der Waals surface area contributed by atoms with Crippen LogP contribution in [-0.4, -0.2) is 29.2 Å². The summed E-state index contributed by atoms with van der Waals surface area (Å²) in [7, 11) is -3.51. The summed E-state index contributed by atoms with van der Waals surface area (Å²) in [5.74, 6) is 0.0187. The molecule has 0 radical (unpaired) electrons. The van der Waals surface area contributed by atoms with Crippen molar-refractivity contribution in [3.05, 3.63) is 17.8 Å². The second-order valence-corrected chi connectivity index (χ2v) is 6.71. The molecule has 0 aliphatic carbocycles. The van der Waals surface area contributed by atoms with Gasteiger partial charge in [0.1, 0.15) is 0 Å². The molecule has 0 saturated carbocycles. The summed E-state index contributed by atoms with van der Waals surface area (Å²) in [6.07, 6.45) is 0. The first-order chi connectivity index (χ1) is 6.81. The van der Waals surface area contributed by atoms with Crippen molar-refractivity contribution in [3.8, 4) is 0 Å². The molecule has 0 N–H and O–H groups in total. The van der Waals surface area contributed by atoms with Gasteiger partial charge < -0.3 is 0 Å². The zero-order valence-electron chi connectivity index (χ0n) is 8.86. The van der Waals surface area contributed by atoms with Crippen molar-refractivity contribution in [3.63, 3.8) is 0 Å².